The van der Waals surface area contributed by atoms with Gasteiger partial charge in [-0.3, -0.25) is 9.78 Å². The Labute approximate surface area is 137 Å². The number of hydrogen-bond acceptors (Lipinski definition) is 2. The maximum atomic E-state index is 12.5. The third kappa shape index (κ3) is 2.06. The number of nitrogens with zero attached hydrogens (tertiary/aromatic N) is 1. The van der Waals surface area contributed by atoms with E-state index in [1.165, 1.54) is 4.57 Å². The number of hydrogen-bond donors (Lipinski definition) is 1. The SMILES string of the molecule is CCn1c(=O)[nH]c(=O)c2c(-c3cccc4ccccc34)cc[nH+]c21. The molecule has 0 aliphatic heterocycles. The lowest BCUT2D eigenvalue weighted by Crippen LogP contribution is -2.33. The molecule has 2 N–H and O–H groups in total. The Bertz CT molecular complexity index is 1180. The molecule has 2 heterocycles. The largest absolute Gasteiger partial charge is 0.415 e. The average Bonchev–Trinajstić information content (AvgIpc) is 2.61. The molecule has 118 valence electrons. The van der Waals surface area contributed by atoms with Crippen molar-refractivity contribution in [3.8, 4) is 11.1 Å². The third-order valence-corrected chi connectivity index (χ3v) is 4.33. The van der Waals surface area contributed by atoms with Gasteiger partial charge >= 0.3 is 5.69 Å². The van der Waals surface area contributed by atoms with Gasteiger partial charge in [0.2, 0.25) is 0 Å². The summed E-state index contributed by atoms with van der Waals surface area (Å²) >= 11 is 0. The van der Waals surface area contributed by atoms with Crippen LogP contribution in [0.25, 0.3) is 32.9 Å². The summed E-state index contributed by atoms with van der Waals surface area (Å²) in [4.78, 5) is 30.0. The van der Waals surface area contributed by atoms with Crippen molar-refractivity contribution >= 4 is 21.8 Å². The van der Waals surface area contributed by atoms with Crippen LogP contribution >= 0.6 is 0 Å². The molecule has 0 spiro atoms. The van der Waals surface area contributed by atoms with Crippen LogP contribution < -0.4 is 16.2 Å². The minimum atomic E-state index is -0.402. The molecule has 0 fully saturated rings. The number of nitrogens with one attached hydrogen (secondary N) is 2. The molecule has 0 amide bonds. The molecular weight excluding hydrogens is 302 g/mol. The van der Waals surface area contributed by atoms with Gasteiger partial charge in [0.1, 0.15) is 5.39 Å². The lowest BCUT2D eigenvalue weighted by atomic mass is 9.97. The van der Waals surface area contributed by atoms with Crippen LogP contribution in [0.1, 0.15) is 6.92 Å². The molecule has 24 heavy (non-hydrogen) atoms. The summed E-state index contributed by atoms with van der Waals surface area (Å²) in [5, 5.41) is 2.67. The quantitative estimate of drug-likeness (QED) is 0.616. The fraction of sp³-hybridized carbons (Fsp3) is 0.105. The van der Waals surface area contributed by atoms with Crippen LogP contribution in [0.4, 0.5) is 0 Å². The first-order chi connectivity index (χ1) is 11.7. The van der Waals surface area contributed by atoms with Crippen LogP contribution in [-0.2, 0) is 6.54 Å². The van der Waals surface area contributed by atoms with Crippen molar-refractivity contribution in [2.45, 2.75) is 13.5 Å². The second-order valence-corrected chi connectivity index (χ2v) is 5.65. The van der Waals surface area contributed by atoms with E-state index in [1.54, 1.807) is 6.20 Å². The van der Waals surface area contributed by atoms with Crippen molar-refractivity contribution in [3.05, 3.63) is 75.6 Å². The van der Waals surface area contributed by atoms with Crippen molar-refractivity contribution < 1.29 is 4.98 Å². The highest BCUT2D eigenvalue weighted by Gasteiger charge is 2.19. The molecule has 5 nitrogen and oxygen atoms in total. The number of pyridine rings is 1. The van der Waals surface area contributed by atoms with E-state index in [2.05, 4.69) is 9.97 Å². The first-order valence-corrected chi connectivity index (χ1v) is 7.86. The van der Waals surface area contributed by atoms with Crippen molar-refractivity contribution in [3.63, 3.8) is 0 Å². The predicted molar refractivity (Wildman–Crippen MR) is 94.0 cm³/mol. The van der Waals surface area contributed by atoms with Gasteiger partial charge in [-0.1, -0.05) is 42.5 Å². The maximum Gasteiger partial charge on any atom is 0.415 e. The number of rotatable bonds is 2. The average molecular weight is 318 g/mol. The summed E-state index contributed by atoms with van der Waals surface area (Å²) in [5.74, 6) is 0. The Morgan fingerprint density at radius 3 is 2.62 bits per heavy atom. The molecule has 0 unspecified atom stereocenters. The van der Waals surface area contributed by atoms with Gasteiger partial charge in [0.15, 0.2) is 0 Å². The van der Waals surface area contributed by atoms with Gasteiger partial charge in [-0.2, -0.15) is 4.57 Å². The Hall–Kier alpha value is -3.21. The van der Waals surface area contributed by atoms with E-state index < -0.39 is 5.69 Å². The van der Waals surface area contributed by atoms with E-state index in [1.807, 2.05) is 55.5 Å². The van der Waals surface area contributed by atoms with Crippen LogP contribution in [0.15, 0.2) is 64.3 Å². The molecule has 0 bridgehead atoms. The molecule has 4 aromatic rings. The van der Waals surface area contributed by atoms with E-state index in [0.29, 0.717) is 17.6 Å². The van der Waals surface area contributed by atoms with Crippen molar-refractivity contribution in [2.24, 2.45) is 0 Å². The number of fused-ring (bicyclic) bond motifs is 2. The zero-order chi connectivity index (χ0) is 16.7. The molecule has 0 radical (unpaired) electrons. The lowest BCUT2D eigenvalue weighted by molar-refractivity contribution is -0.349. The number of aryl methyl sites for hydroxylation is 1. The van der Waals surface area contributed by atoms with Crippen LogP contribution in [0.5, 0.6) is 0 Å². The molecular formula is C19H16N3O2+. The summed E-state index contributed by atoms with van der Waals surface area (Å²) < 4.78 is 1.53. The Kier molecular flexibility index (Phi) is 3.27. The first kappa shape index (κ1) is 14.4. The van der Waals surface area contributed by atoms with Crippen molar-refractivity contribution in [1.82, 2.24) is 9.55 Å². The second-order valence-electron chi connectivity index (χ2n) is 5.65. The highest BCUT2D eigenvalue weighted by atomic mass is 16.2. The summed E-state index contributed by atoms with van der Waals surface area (Å²) in [7, 11) is 0. The number of aromatic amines is 2. The molecule has 0 aliphatic carbocycles. The molecule has 0 saturated heterocycles. The zero-order valence-electron chi connectivity index (χ0n) is 13.2. The third-order valence-electron chi connectivity index (χ3n) is 4.33. The van der Waals surface area contributed by atoms with Crippen LogP contribution in [0.3, 0.4) is 0 Å². The monoisotopic (exact) mass is 318 g/mol. The lowest BCUT2D eigenvalue weighted by Gasteiger charge is -2.08. The molecule has 0 saturated carbocycles. The molecule has 5 heteroatoms. The molecule has 0 atom stereocenters. The van der Waals surface area contributed by atoms with Gasteiger partial charge in [-0.25, -0.2) is 9.78 Å². The second kappa shape index (κ2) is 5.45. The molecule has 0 aliphatic rings. The first-order valence-electron chi connectivity index (χ1n) is 7.86. The smallest absolute Gasteiger partial charge is 0.268 e. The zero-order valence-corrected chi connectivity index (χ0v) is 13.2. The van der Waals surface area contributed by atoms with Gasteiger partial charge in [-0.15, -0.1) is 0 Å². The van der Waals surface area contributed by atoms with Crippen molar-refractivity contribution in [2.75, 3.05) is 0 Å². The summed E-state index contributed by atoms with van der Waals surface area (Å²) in [6.45, 7) is 2.35. The fourth-order valence-electron chi connectivity index (χ4n) is 3.24. The Morgan fingerprint density at radius 1 is 1.00 bits per heavy atom. The number of aromatic nitrogens is 3. The van der Waals surface area contributed by atoms with Crippen molar-refractivity contribution in [1.29, 1.82) is 0 Å². The molecule has 4 rings (SSSR count). The summed E-state index contributed by atoms with van der Waals surface area (Å²) in [6, 6.07) is 16.0. The normalized spacial score (nSPS) is 11.2. The van der Waals surface area contributed by atoms with E-state index in [0.717, 1.165) is 21.9 Å². The fourth-order valence-corrected chi connectivity index (χ4v) is 3.24. The van der Waals surface area contributed by atoms with Crippen LogP contribution in [-0.4, -0.2) is 9.55 Å². The Morgan fingerprint density at radius 2 is 1.79 bits per heavy atom. The van der Waals surface area contributed by atoms with Gasteiger partial charge in [-0.05, 0) is 29.3 Å². The van der Waals surface area contributed by atoms with Gasteiger partial charge in [0.05, 0.1) is 12.7 Å². The van der Waals surface area contributed by atoms with E-state index >= 15 is 0 Å². The summed E-state index contributed by atoms with van der Waals surface area (Å²) in [5.41, 5.74) is 1.54. The van der Waals surface area contributed by atoms with Crippen LogP contribution in [0, 0.1) is 0 Å². The topological polar surface area (TPSA) is 69.0 Å². The molecule has 2 aromatic carbocycles. The number of benzene rings is 2. The highest BCUT2D eigenvalue weighted by molar-refractivity contribution is 6.02. The highest BCUT2D eigenvalue weighted by Crippen LogP contribution is 2.30. The predicted octanol–water partition coefficient (Wildman–Crippen LogP) is 2.34. The maximum absolute atomic E-state index is 12.5. The van der Waals surface area contributed by atoms with E-state index in [9.17, 15) is 9.59 Å². The summed E-state index contributed by atoms with van der Waals surface area (Å²) in [6.07, 6.45) is 1.77. The standard InChI is InChI=1S/C19H15N3O2/c1-2-22-17-16(18(23)21-19(22)24)15(10-11-20-17)14-9-5-7-12-6-3-4-8-13(12)14/h3-11H,2H2,1H3,(H,21,23,24)/p+1. The number of H-pyrrole nitrogens is 2. The molecule has 2 aromatic heterocycles. The van der Waals surface area contributed by atoms with E-state index in [4.69, 9.17) is 0 Å². The van der Waals surface area contributed by atoms with Gasteiger partial charge < -0.3 is 0 Å². The van der Waals surface area contributed by atoms with E-state index in [-0.39, 0.29) is 5.56 Å². The van der Waals surface area contributed by atoms with Gasteiger partial charge in [0.25, 0.3) is 11.2 Å². The van der Waals surface area contributed by atoms with Crippen LogP contribution in [0.2, 0.25) is 0 Å². The minimum Gasteiger partial charge on any atom is -0.268 e. The van der Waals surface area contributed by atoms with Gasteiger partial charge in [0, 0.05) is 5.56 Å². The Balaban J connectivity index is 2.19. The minimum absolute atomic E-state index is 0.375.